The van der Waals surface area contributed by atoms with E-state index in [0.29, 0.717) is 17.4 Å². The first-order valence-corrected chi connectivity index (χ1v) is 8.53. The van der Waals surface area contributed by atoms with Crippen LogP contribution in [0.3, 0.4) is 0 Å². The van der Waals surface area contributed by atoms with Gasteiger partial charge in [-0.3, -0.25) is 10.1 Å². The summed E-state index contributed by atoms with van der Waals surface area (Å²) in [5.41, 5.74) is 0.517. The number of benzene rings is 1. The Morgan fingerprint density at radius 2 is 1.88 bits per heavy atom. The Balaban J connectivity index is 1.61. The predicted molar refractivity (Wildman–Crippen MR) is 90.3 cm³/mol. The van der Waals surface area contributed by atoms with Crippen LogP contribution in [0.25, 0.3) is 0 Å². The number of nitrogens with zero attached hydrogens (tertiary/aromatic N) is 2. The van der Waals surface area contributed by atoms with E-state index < -0.39 is 0 Å². The second-order valence-electron chi connectivity index (χ2n) is 6.43. The summed E-state index contributed by atoms with van der Waals surface area (Å²) in [5, 5.41) is 10.7. The molecule has 1 aliphatic carbocycles. The molecule has 1 amide bonds. The van der Waals surface area contributed by atoms with Crippen molar-refractivity contribution in [3.05, 3.63) is 35.7 Å². The van der Waals surface area contributed by atoms with Crippen LogP contribution < -0.4 is 10.1 Å². The van der Waals surface area contributed by atoms with E-state index in [1.54, 1.807) is 24.3 Å². The highest BCUT2D eigenvalue weighted by Gasteiger charge is 2.22. The minimum atomic E-state index is -0.273. The molecule has 1 aliphatic rings. The average molecular weight is 329 g/mol. The second-order valence-corrected chi connectivity index (χ2v) is 6.43. The van der Waals surface area contributed by atoms with Crippen molar-refractivity contribution in [1.29, 1.82) is 0 Å². The Morgan fingerprint density at radius 1 is 1.17 bits per heavy atom. The summed E-state index contributed by atoms with van der Waals surface area (Å²) in [4.78, 5) is 12.3. The summed E-state index contributed by atoms with van der Waals surface area (Å²) in [6, 6.07) is 7.13. The van der Waals surface area contributed by atoms with E-state index in [2.05, 4.69) is 15.5 Å². The minimum Gasteiger partial charge on any atom is -0.491 e. The molecule has 3 rings (SSSR count). The smallest absolute Gasteiger partial charge is 0.322 e. The fraction of sp³-hybridized carbons (Fsp3) is 0.500. The van der Waals surface area contributed by atoms with Crippen LogP contribution >= 0.6 is 0 Å². The fourth-order valence-corrected chi connectivity index (χ4v) is 2.93. The average Bonchev–Trinajstić information content (AvgIpc) is 3.04. The number of carbonyl (C=O) groups excluding carboxylic acids is 1. The number of anilines is 1. The van der Waals surface area contributed by atoms with Crippen molar-refractivity contribution in [3.8, 4) is 5.75 Å². The molecule has 0 saturated heterocycles. The zero-order valence-corrected chi connectivity index (χ0v) is 14.1. The first kappa shape index (κ1) is 16.5. The number of hydrogen-bond acceptors (Lipinski definition) is 5. The van der Waals surface area contributed by atoms with Gasteiger partial charge < -0.3 is 9.15 Å². The Morgan fingerprint density at radius 3 is 2.54 bits per heavy atom. The van der Waals surface area contributed by atoms with Gasteiger partial charge in [0.1, 0.15) is 5.75 Å². The van der Waals surface area contributed by atoms with Crippen molar-refractivity contribution in [2.45, 2.75) is 58.0 Å². The van der Waals surface area contributed by atoms with E-state index in [1.165, 1.54) is 19.3 Å². The van der Waals surface area contributed by atoms with Crippen LogP contribution in [0.1, 0.15) is 68.1 Å². The first-order chi connectivity index (χ1) is 11.6. The predicted octanol–water partition coefficient (Wildman–Crippen LogP) is 4.16. The van der Waals surface area contributed by atoms with Crippen molar-refractivity contribution < 1.29 is 13.9 Å². The van der Waals surface area contributed by atoms with Gasteiger partial charge in [0.15, 0.2) is 0 Å². The summed E-state index contributed by atoms with van der Waals surface area (Å²) >= 11 is 0. The summed E-state index contributed by atoms with van der Waals surface area (Å²) in [6.07, 6.45) is 5.91. The molecular weight excluding hydrogens is 306 g/mol. The van der Waals surface area contributed by atoms with E-state index >= 15 is 0 Å². The molecule has 1 fully saturated rings. The molecule has 0 radical (unpaired) electrons. The lowest BCUT2D eigenvalue weighted by Crippen LogP contribution is -2.12. The molecule has 2 aromatic rings. The van der Waals surface area contributed by atoms with Crippen LogP contribution in [0, 0.1) is 0 Å². The van der Waals surface area contributed by atoms with Gasteiger partial charge >= 0.3 is 6.01 Å². The van der Waals surface area contributed by atoms with Gasteiger partial charge in [0.25, 0.3) is 5.91 Å². The molecule has 1 aromatic carbocycles. The lowest BCUT2D eigenvalue weighted by atomic mass is 9.89. The summed E-state index contributed by atoms with van der Waals surface area (Å²) < 4.78 is 11.2. The minimum absolute atomic E-state index is 0.0984. The highest BCUT2D eigenvalue weighted by Crippen LogP contribution is 2.32. The molecule has 1 heterocycles. The van der Waals surface area contributed by atoms with Crippen molar-refractivity contribution in [2.75, 3.05) is 5.32 Å². The molecular formula is C18H23N3O3. The molecule has 128 valence electrons. The number of nitrogens with one attached hydrogen (secondary N) is 1. The Bertz CT molecular complexity index is 673. The number of ether oxygens (including phenoxy) is 1. The van der Waals surface area contributed by atoms with Crippen LogP contribution in [0.15, 0.2) is 28.7 Å². The maximum absolute atomic E-state index is 12.3. The van der Waals surface area contributed by atoms with Gasteiger partial charge in [-0.2, -0.15) is 0 Å². The van der Waals surface area contributed by atoms with Gasteiger partial charge in [0.2, 0.25) is 5.89 Å². The number of carbonyl (C=O) groups is 1. The van der Waals surface area contributed by atoms with Gasteiger partial charge in [-0.05, 0) is 51.0 Å². The molecule has 24 heavy (non-hydrogen) atoms. The van der Waals surface area contributed by atoms with E-state index in [1.807, 2.05) is 13.8 Å². The SMILES string of the molecule is CC(C)Oc1ccc(C(=O)Nc2nnc(C3CCCCC3)o2)cc1. The van der Waals surface area contributed by atoms with Gasteiger partial charge in [-0.1, -0.05) is 24.4 Å². The van der Waals surface area contributed by atoms with E-state index in [4.69, 9.17) is 9.15 Å². The van der Waals surface area contributed by atoms with E-state index in [-0.39, 0.29) is 18.0 Å². The highest BCUT2D eigenvalue weighted by molar-refractivity contribution is 6.03. The Kier molecular flexibility index (Phi) is 5.13. The monoisotopic (exact) mass is 329 g/mol. The number of aromatic nitrogens is 2. The number of rotatable bonds is 5. The molecule has 1 saturated carbocycles. The second kappa shape index (κ2) is 7.47. The molecule has 6 nitrogen and oxygen atoms in total. The quantitative estimate of drug-likeness (QED) is 0.891. The van der Waals surface area contributed by atoms with Gasteiger partial charge in [0.05, 0.1) is 6.10 Å². The highest BCUT2D eigenvalue weighted by atomic mass is 16.5. The lowest BCUT2D eigenvalue weighted by Gasteiger charge is -2.17. The van der Waals surface area contributed by atoms with Crippen molar-refractivity contribution in [1.82, 2.24) is 10.2 Å². The molecule has 0 atom stereocenters. The maximum atomic E-state index is 12.3. The zero-order valence-electron chi connectivity index (χ0n) is 14.1. The molecule has 0 unspecified atom stereocenters. The summed E-state index contributed by atoms with van der Waals surface area (Å²) in [6.45, 7) is 3.92. The molecule has 0 spiro atoms. The third-order valence-electron chi connectivity index (χ3n) is 4.10. The molecule has 1 aromatic heterocycles. The lowest BCUT2D eigenvalue weighted by molar-refractivity contribution is 0.102. The Hall–Kier alpha value is -2.37. The first-order valence-electron chi connectivity index (χ1n) is 8.53. The summed E-state index contributed by atoms with van der Waals surface area (Å²) in [7, 11) is 0. The van der Waals surface area contributed by atoms with Gasteiger partial charge in [-0.15, -0.1) is 5.10 Å². The molecule has 1 N–H and O–H groups in total. The number of amides is 1. The molecule has 0 bridgehead atoms. The van der Waals surface area contributed by atoms with Crippen LogP contribution in [0.2, 0.25) is 0 Å². The topological polar surface area (TPSA) is 77.2 Å². The third-order valence-corrected chi connectivity index (χ3v) is 4.10. The van der Waals surface area contributed by atoms with Gasteiger partial charge in [-0.25, -0.2) is 0 Å². The fourth-order valence-electron chi connectivity index (χ4n) is 2.93. The Labute approximate surface area is 141 Å². The van der Waals surface area contributed by atoms with Crippen LogP contribution in [0.5, 0.6) is 5.75 Å². The molecule has 6 heteroatoms. The summed E-state index contributed by atoms with van der Waals surface area (Å²) in [5.74, 6) is 1.42. The van der Waals surface area contributed by atoms with Crippen molar-refractivity contribution in [2.24, 2.45) is 0 Å². The van der Waals surface area contributed by atoms with Crippen LogP contribution in [-0.2, 0) is 0 Å². The van der Waals surface area contributed by atoms with E-state index in [9.17, 15) is 4.79 Å². The standard InChI is InChI=1S/C18H23N3O3/c1-12(2)23-15-10-8-13(9-11-15)16(22)19-18-21-20-17(24-18)14-6-4-3-5-7-14/h8-12,14H,3-7H2,1-2H3,(H,19,21,22). The number of hydrogen-bond donors (Lipinski definition) is 1. The van der Waals surface area contributed by atoms with Crippen LogP contribution in [0.4, 0.5) is 6.01 Å². The van der Waals surface area contributed by atoms with Crippen LogP contribution in [-0.4, -0.2) is 22.2 Å². The maximum Gasteiger partial charge on any atom is 0.322 e. The normalized spacial score (nSPS) is 15.5. The zero-order chi connectivity index (χ0) is 16.9. The molecule has 0 aliphatic heterocycles. The third kappa shape index (κ3) is 4.13. The largest absolute Gasteiger partial charge is 0.491 e. The van der Waals surface area contributed by atoms with Crippen molar-refractivity contribution >= 4 is 11.9 Å². The van der Waals surface area contributed by atoms with Crippen molar-refractivity contribution in [3.63, 3.8) is 0 Å². The van der Waals surface area contributed by atoms with Gasteiger partial charge in [0, 0.05) is 11.5 Å². The van der Waals surface area contributed by atoms with E-state index in [0.717, 1.165) is 18.6 Å².